The lowest BCUT2D eigenvalue weighted by Crippen LogP contribution is -2.31. The van der Waals surface area contributed by atoms with Crippen LogP contribution in [-0.2, 0) is 6.42 Å². The second kappa shape index (κ2) is 4.40. The molecule has 2 N–H and O–H groups in total. The van der Waals surface area contributed by atoms with Gasteiger partial charge in [0.25, 0.3) is 5.91 Å². The zero-order chi connectivity index (χ0) is 12.7. The van der Waals surface area contributed by atoms with Crippen molar-refractivity contribution >= 4 is 33.4 Å². The quantitative estimate of drug-likeness (QED) is 0.792. The Bertz CT molecular complexity index is 638. The molecule has 0 spiro atoms. The van der Waals surface area contributed by atoms with E-state index in [0.717, 1.165) is 27.8 Å². The van der Waals surface area contributed by atoms with E-state index in [2.05, 4.69) is 31.2 Å². The Hall–Kier alpha value is -1.33. The molecule has 2 aromatic rings. The van der Waals surface area contributed by atoms with Gasteiger partial charge < -0.3 is 10.3 Å². The van der Waals surface area contributed by atoms with Gasteiger partial charge in [-0.3, -0.25) is 4.79 Å². The van der Waals surface area contributed by atoms with E-state index in [1.807, 2.05) is 6.07 Å². The van der Waals surface area contributed by atoms with Crippen molar-refractivity contribution < 1.29 is 4.79 Å². The molecule has 2 aromatic heterocycles. The second-order valence-corrected chi connectivity index (χ2v) is 5.22. The zero-order valence-electron chi connectivity index (χ0n) is 9.26. The predicted molar refractivity (Wildman–Crippen MR) is 72.8 cm³/mol. The van der Waals surface area contributed by atoms with E-state index in [1.54, 1.807) is 12.3 Å². The van der Waals surface area contributed by atoms with Crippen molar-refractivity contribution in [3.8, 4) is 11.3 Å². The minimum Gasteiger partial charge on any atom is -0.357 e. The smallest absolute Gasteiger partial charge is 0.254 e. The van der Waals surface area contributed by atoms with Gasteiger partial charge >= 0.3 is 0 Å². The summed E-state index contributed by atoms with van der Waals surface area (Å²) in [7, 11) is 0. The minimum atomic E-state index is -0.0502. The van der Waals surface area contributed by atoms with E-state index in [-0.39, 0.29) is 5.91 Å². The normalized spacial score (nSPS) is 14.2. The van der Waals surface area contributed by atoms with Crippen LogP contribution >= 0.6 is 27.5 Å². The lowest BCUT2D eigenvalue weighted by molar-refractivity contribution is 0.0945. The minimum absolute atomic E-state index is 0.0502. The molecule has 1 amide bonds. The number of hydrogen-bond donors (Lipinski definition) is 2. The fraction of sp³-hybridized carbons (Fsp3) is 0.167. The first-order valence-corrected chi connectivity index (χ1v) is 6.64. The van der Waals surface area contributed by atoms with Crippen LogP contribution in [0, 0.1) is 0 Å². The molecule has 0 saturated carbocycles. The van der Waals surface area contributed by atoms with Gasteiger partial charge in [-0.1, -0.05) is 11.6 Å². The highest BCUT2D eigenvalue weighted by atomic mass is 79.9. The van der Waals surface area contributed by atoms with Gasteiger partial charge in [-0.2, -0.15) is 0 Å². The molecular formula is C12H9BrClN3O. The Kier molecular flexibility index (Phi) is 2.87. The molecule has 3 heterocycles. The number of H-pyrrole nitrogens is 1. The Labute approximate surface area is 117 Å². The lowest BCUT2D eigenvalue weighted by Gasteiger charge is -2.11. The third-order valence-corrected chi connectivity index (χ3v) is 3.92. The number of rotatable bonds is 1. The lowest BCUT2D eigenvalue weighted by atomic mass is 10.1. The fourth-order valence-corrected chi connectivity index (χ4v) is 3.02. The number of nitrogens with zero attached hydrogens (tertiary/aromatic N) is 1. The highest BCUT2D eigenvalue weighted by Crippen LogP contribution is 2.34. The number of hydrogen-bond acceptors (Lipinski definition) is 2. The first-order chi connectivity index (χ1) is 8.66. The number of aromatic nitrogens is 2. The average molecular weight is 327 g/mol. The number of halogens is 2. The van der Waals surface area contributed by atoms with Crippen LogP contribution in [0.4, 0.5) is 0 Å². The standard InChI is InChI=1S/C12H9BrClN3O/c13-10-9-7(2-4-16-12(9)18)17-11(10)6-1-3-15-8(14)5-6/h1,3,5,17H,2,4H2,(H,16,18). The highest BCUT2D eigenvalue weighted by molar-refractivity contribution is 9.10. The molecule has 0 unspecified atom stereocenters. The molecule has 0 aliphatic carbocycles. The van der Waals surface area contributed by atoms with Crippen molar-refractivity contribution in [3.63, 3.8) is 0 Å². The van der Waals surface area contributed by atoms with Gasteiger partial charge in [0.05, 0.1) is 15.7 Å². The molecule has 1 aliphatic heterocycles. The molecule has 4 nitrogen and oxygen atoms in total. The SMILES string of the molecule is O=C1NCCc2[nH]c(-c3ccnc(Cl)c3)c(Br)c21. The maximum Gasteiger partial charge on any atom is 0.254 e. The van der Waals surface area contributed by atoms with Crippen molar-refractivity contribution in [3.05, 3.63) is 39.2 Å². The number of carbonyl (C=O) groups is 1. The molecule has 3 rings (SSSR count). The molecule has 1 aliphatic rings. The summed E-state index contributed by atoms with van der Waals surface area (Å²) >= 11 is 9.37. The van der Waals surface area contributed by atoms with Crippen molar-refractivity contribution in [1.29, 1.82) is 0 Å². The Morgan fingerprint density at radius 2 is 2.28 bits per heavy atom. The van der Waals surface area contributed by atoms with Crippen LogP contribution in [-0.4, -0.2) is 22.4 Å². The van der Waals surface area contributed by atoms with E-state index < -0.39 is 0 Å². The fourth-order valence-electron chi connectivity index (χ4n) is 2.10. The van der Waals surface area contributed by atoms with Crippen LogP contribution in [0.25, 0.3) is 11.3 Å². The summed E-state index contributed by atoms with van der Waals surface area (Å²) < 4.78 is 0.775. The Balaban J connectivity index is 2.17. The summed E-state index contributed by atoms with van der Waals surface area (Å²) in [5.74, 6) is -0.0502. The van der Waals surface area contributed by atoms with E-state index in [1.165, 1.54) is 0 Å². The number of pyridine rings is 1. The third-order valence-electron chi connectivity index (χ3n) is 2.92. The summed E-state index contributed by atoms with van der Waals surface area (Å²) in [6, 6.07) is 3.62. The van der Waals surface area contributed by atoms with Crippen molar-refractivity contribution in [2.24, 2.45) is 0 Å². The monoisotopic (exact) mass is 325 g/mol. The van der Waals surface area contributed by atoms with Crippen molar-refractivity contribution in [1.82, 2.24) is 15.3 Å². The molecule has 92 valence electrons. The molecule has 0 aromatic carbocycles. The largest absolute Gasteiger partial charge is 0.357 e. The number of nitrogens with one attached hydrogen (secondary N) is 2. The van der Waals surface area contributed by atoms with Gasteiger partial charge in [-0.05, 0) is 28.1 Å². The molecular weight excluding hydrogens is 318 g/mol. The third kappa shape index (κ3) is 1.83. The zero-order valence-corrected chi connectivity index (χ0v) is 11.6. The molecule has 18 heavy (non-hydrogen) atoms. The van der Waals surface area contributed by atoms with Crippen LogP contribution in [0.2, 0.25) is 5.15 Å². The van der Waals surface area contributed by atoms with Crippen molar-refractivity contribution in [2.45, 2.75) is 6.42 Å². The van der Waals surface area contributed by atoms with Gasteiger partial charge in [0, 0.05) is 30.4 Å². The molecule has 0 atom stereocenters. The highest BCUT2D eigenvalue weighted by Gasteiger charge is 2.25. The number of carbonyl (C=O) groups excluding carboxylic acids is 1. The molecule has 0 saturated heterocycles. The van der Waals surface area contributed by atoms with E-state index in [0.29, 0.717) is 17.3 Å². The number of fused-ring (bicyclic) bond motifs is 1. The van der Waals surface area contributed by atoms with E-state index >= 15 is 0 Å². The summed E-state index contributed by atoms with van der Waals surface area (Å²) in [5.41, 5.74) is 3.41. The maximum atomic E-state index is 11.8. The van der Waals surface area contributed by atoms with Gasteiger partial charge in [0.2, 0.25) is 0 Å². The first-order valence-electron chi connectivity index (χ1n) is 5.47. The van der Waals surface area contributed by atoms with Crippen molar-refractivity contribution in [2.75, 3.05) is 6.54 Å². The summed E-state index contributed by atoms with van der Waals surface area (Å²) in [5, 5.41) is 3.26. The van der Waals surface area contributed by atoms with Gasteiger partial charge in [0.15, 0.2) is 0 Å². The Morgan fingerprint density at radius 3 is 3.00 bits per heavy atom. The number of amides is 1. The van der Waals surface area contributed by atoms with Crippen LogP contribution < -0.4 is 5.32 Å². The summed E-state index contributed by atoms with van der Waals surface area (Å²) in [6.45, 7) is 0.662. The molecule has 0 radical (unpaired) electrons. The van der Waals surface area contributed by atoms with E-state index in [4.69, 9.17) is 11.6 Å². The molecule has 0 bridgehead atoms. The molecule has 0 fully saturated rings. The topological polar surface area (TPSA) is 57.8 Å². The first kappa shape index (κ1) is 11.7. The number of aromatic amines is 1. The summed E-state index contributed by atoms with van der Waals surface area (Å²) in [4.78, 5) is 19.0. The molecule has 6 heteroatoms. The van der Waals surface area contributed by atoms with Gasteiger partial charge in [-0.15, -0.1) is 0 Å². The van der Waals surface area contributed by atoms with Gasteiger partial charge in [0.1, 0.15) is 5.15 Å². The van der Waals surface area contributed by atoms with Crippen LogP contribution in [0.5, 0.6) is 0 Å². The van der Waals surface area contributed by atoms with Crippen LogP contribution in [0.15, 0.2) is 22.8 Å². The maximum absolute atomic E-state index is 11.8. The van der Waals surface area contributed by atoms with Crippen LogP contribution in [0.1, 0.15) is 16.1 Å². The predicted octanol–water partition coefficient (Wildman–Crippen LogP) is 2.78. The second-order valence-electron chi connectivity index (χ2n) is 4.04. The Morgan fingerprint density at radius 1 is 1.44 bits per heavy atom. The summed E-state index contributed by atoms with van der Waals surface area (Å²) in [6.07, 6.45) is 2.45. The van der Waals surface area contributed by atoms with E-state index in [9.17, 15) is 4.79 Å². The van der Waals surface area contributed by atoms with Crippen LogP contribution in [0.3, 0.4) is 0 Å². The van der Waals surface area contributed by atoms with Gasteiger partial charge in [-0.25, -0.2) is 4.98 Å². The average Bonchev–Trinajstić information content (AvgIpc) is 2.68.